The second-order valence-corrected chi connectivity index (χ2v) is 9.18. The van der Waals surface area contributed by atoms with E-state index in [2.05, 4.69) is 16.5 Å². The minimum absolute atomic E-state index is 0.0284. The van der Waals surface area contributed by atoms with Gasteiger partial charge in [-0.15, -0.1) is 0 Å². The predicted molar refractivity (Wildman–Crippen MR) is 140 cm³/mol. The van der Waals surface area contributed by atoms with Crippen LogP contribution in [0.1, 0.15) is 41.1 Å². The van der Waals surface area contributed by atoms with Crippen LogP contribution in [0.4, 0.5) is 4.79 Å². The fraction of sp³-hybridized carbons (Fsp3) is 0.207. The lowest BCUT2D eigenvalue weighted by Gasteiger charge is -2.35. The van der Waals surface area contributed by atoms with Crippen LogP contribution < -0.4 is 10.1 Å². The van der Waals surface area contributed by atoms with Crippen molar-refractivity contribution in [2.75, 3.05) is 7.11 Å². The molecule has 3 aromatic carbocycles. The molecule has 2 amide bonds. The van der Waals surface area contributed by atoms with Crippen LogP contribution in [0.3, 0.4) is 0 Å². The SMILES string of the molecule is COc1ccc(C2NC(=O)N(Cc3cccc(C)c3)C(C)=C2c2nc(-c3ccc(C)cc3)no2)cc1O. The first-order valence-electron chi connectivity index (χ1n) is 12.0. The molecule has 0 saturated heterocycles. The molecule has 1 unspecified atom stereocenters. The summed E-state index contributed by atoms with van der Waals surface area (Å²) in [6.45, 7) is 6.28. The van der Waals surface area contributed by atoms with Crippen LogP contribution in [0.5, 0.6) is 11.5 Å². The number of amides is 2. The fourth-order valence-corrected chi connectivity index (χ4v) is 4.53. The third-order valence-corrected chi connectivity index (χ3v) is 6.52. The highest BCUT2D eigenvalue weighted by Crippen LogP contribution is 2.40. The molecule has 5 rings (SSSR count). The van der Waals surface area contributed by atoms with Gasteiger partial charge in [-0.05, 0) is 44.0 Å². The predicted octanol–water partition coefficient (Wildman–Crippen LogP) is 5.77. The van der Waals surface area contributed by atoms with Crippen molar-refractivity contribution in [2.24, 2.45) is 0 Å². The zero-order valence-electron chi connectivity index (χ0n) is 21.1. The van der Waals surface area contributed by atoms with Crippen molar-refractivity contribution in [3.8, 4) is 22.9 Å². The molecule has 0 spiro atoms. The summed E-state index contributed by atoms with van der Waals surface area (Å²) in [7, 11) is 1.49. The average molecular weight is 497 g/mol. The fourth-order valence-electron chi connectivity index (χ4n) is 4.53. The number of benzene rings is 3. The minimum Gasteiger partial charge on any atom is -0.504 e. The topological polar surface area (TPSA) is 101 Å². The molecular weight excluding hydrogens is 468 g/mol. The number of rotatable bonds is 6. The van der Waals surface area contributed by atoms with Gasteiger partial charge < -0.3 is 19.7 Å². The quantitative estimate of drug-likeness (QED) is 0.352. The molecule has 1 atom stereocenters. The Morgan fingerprint density at radius 1 is 1.03 bits per heavy atom. The smallest absolute Gasteiger partial charge is 0.322 e. The van der Waals surface area contributed by atoms with Crippen molar-refractivity contribution in [2.45, 2.75) is 33.4 Å². The molecule has 2 N–H and O–H groups in total. The summed E-state index contributed by atoms with van der Waals surface area (Å²) in [6, 6.07) is 20.0. The van der Waals surface area contributed by atoms with Crippen LogP contribution in [0.15, 0.2) is 77.0 Å². The second kappa shape index (κ2) is 9.81. The van der Waals surface area contributed by atoms with Crippen LogP contribution in [0.25, 0.3) is 17.0 Å². The maximum Gasteiger partial charge on any atom is 0.322 e. The van der Waals surface area contributed by atoms with E-state index in [-0.39, 0.29) is 11.8 Å². The Morgan fingerprint density at radius 3 is 2.51 bits per heavy atom. The molecule has 0 bridgehead atoms. The highest BCUT2D eigenvalue weighted by atomic mass is 16.5. The Balaban J connectivity index is 1.60. The van der Waals surface area contributed by atoms with E-state index in [1.54, 1.807) is 23.1 Å². The summed E-state index contributed by atoms with van der Waals surface area (Å²) in [4.78, 5) is 19.7. The Labute approximate surface area is 215 Å². The van der Waals surface area contributed by atoms with Crippen LogP contribution >= 0.6 is 0 Å². The first-order chi connectivity index (χ1) is 17.8. The number of aryl methyl sites for hydroxylation is 2. The van der Waals surface area contributed by atoms with Gasteiger partial charge in [-0.25, -0.2) is 4.79 Å². The van der Waals surface area contributed by atoms with Crippen LogP contribution in [-0.4, -0.2) is 33.3 Å². The Morgan fingerprint density at radius 2 is 1.81 bits per heavy atom. The molecule has 1 aliphatic heterocycles. The monoisotopic (exact) mass is 496 g/mol. The molecule has 37 heavy (non-hydrogen) atoms. The molecule has 0 radical (unpaired) electrons. The number of hydrogen-bond acceptors (Lipinski definition) is 6. The van der Waals surface area contributed by atoms with Gasteiger partial charge in [0.2, 0.25) is 5.82 Å². The third kappa shape index (κ3) is 4.78. The maximum atomic E-state index is 13.3. The number of ether oxygens (including phenoxy) is 1. The summed E-state index contributed by atoms with van der Waals surface area (Å²) in [5.41, 5.74) is 6.07. The minimum atomic E-state index is -0.621. The number of carbonyl (C=O) groups excluding carboxylic acids is 1. The van der Waals surface area contributed by atoms with Gasteiger partial charge >= 0.3 is 6.03 Å². The van der Waals surface area contributed by atoms with Gasteiger partial charge in [0, 0.05) is 11.3 Å². The number of allylic oxidation sites excluding steroid dienone is 1. The number of aromatic nitrogens is 2. The van der Waals surface area contributed by atoms with Gasteiger partial charge in [0.15, 0.2) is 11.5 Å². The summed E-state index contributed by atoms with van der Waals surface area (Å²) >= 11 is 0. The lowest BCUT2D eigenvalue weighted by molar-refractivity contribution is 0.203. The highest BCUT2D eigenvalue weighted by Gasteiger charge is 2.36. The number of carbonyl (C=O) groups is 1. The van der Waals surface area contributed by atoms with Gasteiger partial charge in [-0.1, -0.05) is 70.9 Å². The van der Waals surface area contributed by atoms with Gasteiger partial charge in [0.05, 0.1) is 25.3 Å². The van der Waals surface area contributed by atoms with E-state index >= 15 is 0 Å². The molecule has 1 aromatic heterocycles. The number of aromatic hydroxyl groups is 1. The van der Waals surface area contributed by atoms with Crippen LogP contribution in [0, 0.1) is 13.8 Å². The maximum absolute atomic E-state index is 13.3. The number of urea groups is 1. The van der Waals surface area contributed by atoms with Crippen molar-refractivity contribution >= 4 is 11.6 Å². The van der Waals surface area contributed by atoms with E-state index in [4.69, 9.17) is 14.2 Å². The number of hydrogen-bond donors (Lipinski definition) is 2. The molecule has 188 valence electrons. The lowest BCUT2D eigenvalue weighted by Crippen LogP contribution is -2.45. The van der Waals surface area contributed by atoms with Crippen LogP contribution in [-0.2, 0) is 6.54 Å². The van der Waals surface area contributed by atoms with Crippen LogP contribution in [0.2, 0.25) is 0 Å². The molecular formula is C29H28N4O4. The molecule has 0 fully saturated rings. The molecule has 0 saturated carbocycles. The number of methoxy groups -OCH3 is 1. The molecule has 8 nitrogen and oxygen atoms in total. The van der Waals surface area contributed by atoms with Crippen molar-refractivity contribution in [1.29, 1.82) is 0 Å². The van der Waals surface area contributed by atoms with Gasteiger partial charge in [0.25, 0.3) is 5.89 Å². The number of nitrogens with zero attached hydrogens (tertiary/aromatic N) is 3. The van der Waals surface area contributed by atoms with E-state index in [0.717, 1.165) is 22.3 Å². The van der Waals surface area contributed by atoms with E-state index in [1.165, 1.54) is 7.11 Å². The molecule has 8 heteroatoms. The van der Waals surface area contributed by atoms with E-state index in [0.29, 0.717) is 40.8 Å². The van der Waals surface area contributed by atoms with Gasteiger partial charge in [0.1, 0.15) is 0 Å². The van der Waals surface area contributed by atoms with Crippen molar-refractivity contribution < 1.29 is 19.2 Å². The largest absolute Gasteiger partial charge is 0.504 e. The Kier molecular flexibility index (Phi) is 6.40. The standard InChI is InChI=1S/C29H28N4O4/c1-17-8-10-21(11-9-17)27-31-28(37-32-27)25-19(3)33(16-20-7-5-6-18(2)14-20)29(35)30-26(25)22-12-13-24(36-4)23(34)15-22/h5-15,26,34H,16H2,1-4H3,(H,30,35). The molecule has 1 aliphatic rings. The van der Waals surface area contributed by atoms with Gasteiger partial charge in [-0.3, -0.25) is 4.90 Å². The second-order valence-electron chi connectivity index (χ2n) is 9.18. The first kappa shape index (κ1) is 24.1. The average Bonchev–Trinajstić information content (AvgIpc) is 3.36. The summed E-state index contributed by atoms with van der Waals surface area (Å²) in [5.74, 6) is 1.06. The van der Waals surface area contributed by atoms with Crippen molar-refractivity contribution in [3.63, 3.8) is 0 Å². The summed E-state index contributed by atoms with van der Waals surface area (Å²) < 4.78 is 11.0. The molecule has 2 heterocycles. The lowest BCUT2D eigenvalue weighted by atomic mass is 9.94. The summed E-state index contributed by atoms with van der Waals surface area (Å²) in [6.07, 6.45) is 0. The first-order valence-corrected chi connectivity index (χ1v) is 12.0. The zero-order valence-corrected chi connectivity index (χ0v) is 21.1. The van der Waals surface area contributed by atoms with Crippen molar-refractivity contribution in [3.05, 3.63) is 101 Å². The number of phenols is 1. The highest BCUT2D eigenvalue weighted by molar-refractivity contribution is 5.87. The van der Waals surface area contributed by atoms with E-state index in [9.17, 15) is 9.90 Å². The number of phenolic OH excluding ortho intramolecular Hbond substituents is 1. The Bertz CT molecular complexity index is 1490. The number of nitrogens with one attached hydrogen (secondary N) is 1. The van der Waals surface area contributed by atoms with E-state index < -0.39 is 6.04 Å². The summed E-state index contributed by atoms with van der Waals surface area (Å²) in [5, 5.41) is 17.7. The normalized spacial score (nSPS) is 15.6. The van der Waals surface area contributed by atoms with E-state index in [1.807, 2.05) is 63.2 Å². The third-order valence-electron chi connectivity index (χ3n) is 6.52. The molecule has 4 aromatic rings. The zero-order chi connectivity index (χ0) is 26.1. The van der Waals surface area contributed by atoms with Crippen molar-refractivity contribution in [1.82, 2.24) is 20.4 Å². The Hall–Kier alpha value is -4.59. The molecule has 0 aliphatic carbocycles. The van der Waals surface area contributed by atoms with Gasteiger partial charge in [-0.2, -0.15) is 4.98 Å².